The summed E-state index contributed by atoms with van der Waals surface area (Å²) in [6, 6.07) is 6.12. The summed E-state index contributed by atoms with van der Waals surface area (Å²) in [4.78, 5) is 40.3. The molecule has 1 atom stereocenters. The van der Waals surface area contributed by atoms with Gasteiger partial charge in [-0.05, 0) is 35.4 Å². The monoisotopic (exact) mass is 548 g/mol. The van der Waals surface area contributed by atoms with E-state index in [0.29, 0.717) is 25.1 Å². The zero-order valence-corrected chi connectivity index (χ0v) is 23.7. The van der Waals surface area contributed by atoms with Crippen molar-refractivity contribution in [2.24, 2.45) is 0 Å². The van der Waals surface area contributed by atoms with Crippen LogP contribution in [0.2, 0.25) is 0 Å². The minimum absolute atomic E-state index is 0.0777. The number of nitrogens with zero attached hydrogens (tertiary/aromatic N) is 3. The molecule has 2 aromatic heterocycles. The van der Waals surface area contributed by atoms with Gasteiger partial charge in [0.25, 0.3) is 11.8 Å². The zero-order chi connectivity index (χ0) is 29.2. The number of carbonyl (C=O) groups is 3. The molecule has 1 saturated heterocycles. The van der Waals surface area contributed by atoms with Crippen molar-refractivity contribution in [2.75, 3.05) is 14.2 Å². The van der Waals surface area contributed by atoms with Crippen molar-refractivity contribution in [1.82, 2.24) is 30.7 Å². The first kappa shape index (κ1) is 29.9. The third-order valence-electron chi connectivity index (χ3n) is 6.03. The number of urea groups is 1. The van der Waals surface area contributed by atoms with E-state index in [0.717, 1.165) is 39.6 Å². The highest BCUT2D eigenvalue weighted by Gasteiger charge is 2.34. The SMILES string of the molecule is CC.CC.COc1ccc2c(c1)C(=O)N(C)C2.O=C1NC(=O)C(c2cc3c(o2)CC=CC(Cc2ncn[nH]2)=C3)N1. The maximum Gasteiger partial charge on any atom is 0.322 e. The topological polar surface area (TPSA) is 142 Å². The number of benzene rings is 1. The van der Waals surface area contributed by atoms with Crippen LogP contribution in [0.15, 0.2) is 52.7 Å². The molecule has 3 N–H and O–H groups in total. The first-order chi connectivity index (χ1) is 19.4. The van der Waals surface area contributed by atoms with Crippen LogP contribution < -0.4 is 15.4 Å². The van der Waals surface area contributed by atoms with Crippen LogP contribution in [0.5, 0.6) is 5.75 Å². The number of carbonyl (C=O) groups excluding carboxylic acids is 3. The van der Waals surface area contributed by atoms with E-state index >= 15 is 0 Å². The van der Waals surface area contributed by atoms with Crippen LogP contribution >= 0.6 is 0 Å². The molecule has 6 rings (SSSR count). The average molecular weight is 549 g/mol. The number of methoxy groups -OCH3 is 1. The fraction of sp³-hybridized carbons (Fsp3) is 0.345. The molecule has 0 bridgehead atoms. The van der Waals surface area contributed by atoms with Crippen LogP contribution in [-0.2, 0) is 24.2 Å². The number of furan rings is 1. The van der Waals surface area contributed by atoms with Crippen LogP contribution in [-0.4, -0.2) is 52.1 Å². The van der Waals surface area contributed by atoms with Crippen LogP contribution in [0.3, 0.4) is 0 Å². The quantitative estimate of drug-likeness (QED) is 0.412. The molecule has 1 aromatic carbocycles. The van der Waals surface area contributed by atoms with E-state index in [1.54, 1.807) is 31.2 Å². The first-order valence-electron chi connectivity index (χ1n) is 13.3. The molecular formula is C29H36N6O5. The third kappa shape index (κ3) is 6.85. The molecule has 11 heteroatoms. The number of aromatic nitrogens is 3. The summed E-state index contributed by atoms with van der Waals surface area (Å²) in [6.45, 7) is 8.71. The second kappa shape index (κ2) is 13.9. The van der Waals surface area contributed by atoms with Crippen molar-refractivity contribution in [2.45, 2.75) is 53.1 Å². The third-order valence-corrected chi connectivity index (χ3v) is 6.03. The lowest BCUT2D eigenvalue weighted by molar-refractivity contribution is -0.120. The number of fused-ring (bicyclic) bond motifs is 2. The lowest BCUT2D eigenvalue weighted by atomic mass is 10.1. The molecule has 40 heavy (non-hydrogen) atoms. The zero-order valence-electron chi connectivity index (χ0n) is 23.7. The number of nitrogens with one attached hydrogen (secondary N) is 3. The minimum atomic E-state index is -0.774. The van der Waals surface area contributed by atoms with Gasteiger partial charge in [0.05, 0.1) is 7.11 Å². The average Bonchev–Trinajstić information content (AvgIpc) is 3.73. The predicted molar refractivity (Wildman–Crippen MR) is 151 cm³/mol. The maximum absolute atomic E-state index is 11.7. The molecule has 0 spiro atoms. The summed E-state index contributed by atoms with van der Waals surface area (Å²) in [5.74, 6) is 2.38. The highest BCUT2D eigenvalue weighted by atomic mass is 16.5. The maximum atomic E-state index is 11.7. The Labute approximate surface area is 233 Å². The second-order valence-electron chi connectivity index (χ2n) is 8.54. The summed E-state index contributed by atoms with van der Waals surface area (Å²) < 4.78 is 10.8. The van der Waals surface area contributed by atoms with E-state index in [-0.39, 0.29) is 5.91 Å². The second-order valence-corrected chi connectivity index (χ2v) is 8.54. The number of ether oxygens (including phenoxy) is 1. The van der Waals surface area contributed by atoms with Gasteiger partial charge in [-0.25, -0.2) is 9.78 Å². The Kier molecular flexibility index (Phi) is 10.4. The van der Waals surface area contributed by atoms with E-state index in [4.69, 9.17) is 9.15 Å². The number of amides is 4. The number of aromatic amines is 1. The van der Waals surface area contributed by atoms with Gasteiger partial charge in [-0.15, -0.1) is 0 Å². The minimum Gasteiger partial charge on any atom is -0.497 e. The van der Waals surface area contributed by atoms with Gasteiger partial charge in [0.1, 0.15) is 29.4 Å². The van der Waals surface area contributed by atoms with Crippen molar-refractivity contribution in [1.29, 1.82) is 0 Å². The van der Waals surface area contributed by atoms with E-state index in [1.165, 1.54) is 6.33 Å². The number of allylic oxidation sites excluding steroid dienone is 3. The lowest BCUT2D eigenvalue weighted by Crippen LogP contribution is -2.22. The Balaban J connectivity index is 0.000000221. The number of rotatable bonds is 4. The Morgan fingerprint density at radius 3 is 2.55 bits per heavy atom. The van der Waals surface area contributed by atoms with Gasteiger partial charge in [0.2, 0.25) is 0 Å². The molecule has 1 unspecified atom stereocenters. The Hall–Kier alpha value is -4.67. The molecule has 4 heterocycles. The summed E-state index contributed by atoms with van der Waals surface area (Å²) in [6.07, 6.45) is 8.71. The van der Waals surface area contributed by atoms with Crippen LogP contribution in [0.4, 0.5) is 4.79 Å². The molecule has 212 valence electrons. The van der Waals surface area contributed by atoms with Gasteiger partial charge in [0, 0.05) is 37.6 Å². The molecule has 1 aliphatic carbocycles. The van der Waals surface area contributed by atoms with Crippen molar-refractivity contribution >= 4 is 23.9 Å². The molecule has 4 amide bonds. The number of hydrogen-bond acceptors (Lipinski definition) is 7. The van der Waals surface area contributed by atoms with Crippen molar-refractivity contribution in [3.8, 4) is 5.75 Å². The molecule has 0 radical (unpaired) electrons. The number of H-pyrrole nitrogens is 1. The fourth-order valence-electron chi connectivity index (χ4n) is 4.24. The van der Waals surface area contributed by atoms with Crippen LogP contribution in [0, 0.1) is 0 Å². The molecule has 0 saturated carbocycles. The molecule has 1 fully saturated rings. The lowest BCUT2D eigenvalue weighted by Gasteiger charge is -2.04. The van der Waals surface area contributed by atoms with Crippen molar-refractivity contribution in [3.63, 3.8) is 0 Å². The highest BCUT2D eigenvalue weighted by Crippen LogP contribution is 2.28. The largest absolute Gasteiger partial charge is 0.497 e. The number of hydrogen-bond donors (Lipinski definition) is 3. The number of imide groups is 1. The fourth-order valence-corrected chi connectivity index (χ4v) is 4.24. The molecule has 3 aliphatic rings. The first-order valence-corrected chi connectivity index (χ1v) is 13.3. The standard InChI is InChI=1S/C15H13N5O3.C10H11NO2.2C2H6/c21-14-13(18-15(22)19-14)11-6-9-4-8(2-1-3-10(9)23-11)5-12-16-7-17-20-12;1-11-6-7-3-4-8(13-2)5-9(7)10(11)12;2*1-2/h1-2,4,6-7,13H,3,5H2,(H,16,17,20)(H2,18,19,21,22);3-5H,6H2,1-2H3;2*1-2H3. The predicted octanol–water partition coefficient (Wildman–Crippen LogP) is 4.35. The van der Waals surface area contributed by atoms with Crippen LogP contribution in [0.25, 0.3) is 6.08 Å². The van der Waals surface area contributed by atoms with Crippen molar-refractivity contribution < 1.29 is 23.5 Å². The van der Waals surface area contributed by atoms with Crippen LogP contribution in [0.1, 0.15) is 72.6 Å². The van der Waals surface area contributed by atoms with Gasteiger partial charge in [-0.2, -0.15) is 5.10 Å². The smallest absolute Gasteiger partial charge is 0.322 e. The molecule has 2 aliphatic heterocycles. The van der Waals surface area contributed by atoms with Gasteiger partial charge >= 0.3 is 6.03 Å². The van der Waals surface area contributed by atoms with Gasteiger partial charge < -0.3 is 19.4 Å². The molecule has 3 aromatic rings. The summed E-state index contributed by atoms with van der Waals surface area (Å²) in [7, 11) is 3.40. The normalized spacial score (nSPS) is 16.4. The summed E-state index contributed by atoms with van der Waals surface area (Å²) in [5.41, 5.74) is 3.79. The Bertz CT molecular complexity index is 1390. The Morgan fingerprint density at radius 1 is 1.12 bits per heavy atom. The molecular weight excluding hydrogens is 512 g/mol. The van der Waals surface area contributed by atoms with Gasteiger partial charge in [0.15, 0.2) is 6.04 Å². The van der Waals surface area contributed by atoms with Gasteiger partial charge in [-0.3, -0.25) is 20.0 Å². The van der Waals surface area contributed by atoms with Gasteiger partial charge in [-0.1, -0.05) is 45.9 Å². The Morgan fingerprint density at radius 2 is 1.90 bits per heavy atom. The van der Waals surface area contributed by atoms with E-state index in [2.05, 4.69) is 25.8 Å². The van der Waals surface area contributed by atoms with E-state index in [1.807, 2.05) is 58.1 Å². The van der Waals surface area contributed by atoms with Crippen molar-refractivity contribution in [3.05, 3.63) is 82.4 Å². The summed E-state index contributed by atoms with van der Waals surface area (Å²) in [5, 5.41) is 11.4. The van der Waals surface area contributed by atoms with E-state index in [9.17, 15) is 14.4 Å². The highest BCUT2D eigenvalue weighted by molar-refractivity contribution is 6.04. The van der Waals surface area contributed by atoms with E-state index < -0.39 is 18.0 Å². The molecule has 11 nitrogen and oxygen atoms in total. The summed E-state index contributed by atoms with van der Waals surface area (Å²) >= 11 is 0.